The van der Waals surface area contributed by atoms with Crippen LogP contribution in [-0.4, -0.2) is 24.5 Å². The number of nitrogens with zero attached hydrogens (tertiary/aromatic N) is 1. The molecule has 100 valence electrons. The first-order chi connectivity index (χ1) is 8.70. The molecule has 1 saturated heterocycles. The van der Waals surface area contributed by atoms with Crippen molar-refractivity contribution in [3.05, 3.63) is 34.9 Å². The number of benzene rings is 1. The Bertz CT molecular complexity index is 358. The highest BCUT2D eigenvalue weighted by molar-refractivity contribution is 5.33. The molecule has 0 atom stereocenters. The average Bonchev–Trinajstić information content (AvgIpc) is 2.36. The topological polar surface area (TPSA) is 29.3 Å². The van der Waals surface area contributed by atoms with Crippen LogP contribution >= 0.6 is 0 Å². The van der Waals surface area contributed by atoms with E-state index < -0.39 is 0 Å². The van der Waals surface area contributed by atoms with Crippen LogP contribution in [0.15, 0.2) is 18.2 Å². The number of aryl methyl sites for hydroxylation is 2. The van der Waals surface area contributed by atoms with Gasteiger partial charge in [0.15, 0.2) is 0 Å². The molecule has 1 aromatic carbocycles. The highest BCUT2D eigenvalue weighted by Crippen LogP contribution is 2.23. The van der Waals surface area contributed by atoms with Crippen molar-refractivity contribution in [2.75, 3.05) is 19.6 Å². The van der Waals surface area contributed by atoms with E-state index in [0.29, 0.717) is 0 Å². The van der Waals surface area contributed by atoms with E-state index in [2.05, 4.69) is 36.9 Å². The smallest absolute Gasteiger partial charge is 0.0238 e. The number of hydrogen-bond acceptors (Lipinski definition) is 2. The van der Waals surface area contributed by atoms with Crippen LogP contribution in [0.5, 0.6) is 0 Å². The van der Waals surface area contributed by atoms with E-state index in [4.69, 9.17) is 5.73 Å². The lowest BCUT2D eigenvalue weighted by molar-refractivity contribution is 0.173. The van der Waals surface area contributed by atoms with Gasteiger partial charge in [-0.15, -0.1) is 0 Å². The summed E-state index contributed by atoms with van der Waals surface area (Å²) in [5.74, 6) is 0.865. The van der Waals surface area contributed by atoms with Gasteiger partial charge in [-0.2, -0.15) is 0 Å². The van der Waals surface area contributed by atoms with Crippen LogP contribution in [0.1, 0.15) is 36.0 Å². The number of nitrogens with two attached hydrogens (primary N) is 1. The molecule has 18 heavy (non-hydrogen) atoms. The molecule has 0 saturated carbocycles. The second kappa shape index (κ2) is 6.35. The third kappa shape index (κ3) is 3.33. The minimum absolute atomic E-state index is 0.849. The average molecular weight is 246 g/mol. The van der Waals surface area contributed by atoms with E-state index in [1.807, 2.05) is 0 Å². The SMILES string of the molecule is Cc1cccc(C)c1CN1CCC(CCN)CC1. The molecular formula is C16H26N2. The molecule has 1 heterocycles. The van der Waals surface area contributed by atoms with E-state index >= 15 is 0 Å². The predicted molar refractivity (Wildman–Crippen MR) is 77.6 cm³/mol. The zero-order valence-electron chi connectivity index (χ0n) is 11.8. The summed E-state index contributed by atoms with van der Waals surface area (Å²) < 4.78 is 0. The quantitative estimate of drug-likeness (QED) is 0.885. The van der Waals surface area contributed by atoms with Crippen LogP contribution in [0.25, 0.3) is 0 Å². The van der Waals surface area contributed by atoms with Crippen molar-refractivity contribution in [2.24, 2.45) is 11.7 Å². The Hall–Kier alpha value is -0.860. The molecule has 0 unspecified atom stereocenters. The van der Waals surface area contributed by atoms with Gasteiger partial charge in [0.05, 0.1) is 0 Å². The summed E-state index contributed by atoms with van der Waals surface area (Å²) in [6, 6.07) is 6.61. The van der Waals surface area contributed by atoms with E-state index in [-0.39, 0.29) is 0 Å². The summed E-state index contributed by atoms with van der Waals surface area (Å²) in [5.41, 5.74) is 10.0. The Balaban J connectivity index is 1.92. The molecule has 0 bridgehead atoms. The second-order valence-corrected chi connectivity index (χ2v) is 5.67. The number of likely N-dealkylation sites (tertiary alicyclic amines) is 1. The van der Waals surface area contributed by atoms with Gasteiger partial charge in [0.2, 0.25) is 0 Å². The molecule has 0 aromatic heterocycles. The third-order valence-corrected chi connectivity index (χ3v) is 4.31. The summed E-state index contributed by atoms with van der Waals surface area (Å²) in [6.07, 6.45) is 3.85. The maximum Gasteiger partial charge on any atom is 0.0238 e. The molecule has 1 aliphatic rings. The van der Waals surface area contributed by atoms with E-state index in [9.17, 15) is 0 Å². The molecule has 2 rings (SSSR count). The normalized spacial score (nSPS) is 18.2. The highest BCUT2D eigenvalue weighted by Gasteiger charge is 2.19. The van der Waals surface area contributed by atoms with Gasteiger partial charge in [0.25, 0.3) is 0 Å². The standard InChI is InChI=1S/C16H26N2/c1-13-4-3-5-14(2)16(13)12-18-10-7-15(6-9-17)8-11-18/h3-5,15H,6-12,17H2,1-2H3. The lowest BCUT2D eigenvalue weighted by Gasteiger charge is -2.32. The Labute approximate surface area is 111 Å². The van der Waals surface area contributed by atoms with Crippen molar-refractivity contribution in [3.63, 3.8) is 0 Å². The molecule has 2 nitrogen and oxygen atoms in total. The fourth-order valence-corrected chi connectivity index (χ4v) is 2.99. The van der Waals surface area contributed by atoms with Gasteiger partial charge in [-0.3, -0.25) is 4.90 Å². The van der Waals surface area contributed by atoms with Crippen molar-refractivity contribution >= 4 is 0 Å². The van der Waals surface area contributed by atoms with Gasteiger partial charge in [-0.25, -0.2) is 0 Å². The van der Waals surface area contributed by atoms with Crippen LogP contribution in [0.3, 0.4) is 0 Å². The molecule has 0 amide bonds. The van der Waals surface area contributed by atoms with Gasteiger partial charge in [0.1, 0.15) is 0 Å². The molecule has 0 radical (unpaired) electrons. The van der Waals surface area contributed by atoms with Crippen LogP contribution < -0.4 is 5.73 Å². The highest BCUT2D eigenvalue weighted by atomic mass is 15.1. The lowest BCUT2D eigenvalue weighted by atomic mass is 9.93. The van der Waals surface area contributed by atoms with Gasteiger partial charge in [0, 0.05) is 6.54 Å². The van der Waals surface area contributed by atoms with Crippen LogP contribution in [0.2, 0.25) is 0 Å². The first-order valence-corrected chi connectivity index (χ1v) is 7.18. The first-order valence-electron chi connectivity index (χ1n) is 7.18. The van der Waals surface area contributed by atoms with Crippen molar-refractivity contribution in [1.82, 2.24) is 4.90 Å². The zero-order valence-corrected chi connectivity index (χ0v) is 11.8. The Morgan fingerprint density at radius 2 is 1.78 bits per heavy atom. The first kappa shape index (κ1) is 13.6. The maximum atomic E-state index is 5.64. The van der Waals surface area contributed by atoms with Crippen LogP contribution in [-0.2, 0) is 6.54 Å². The molecule has 1 aromatic rings. The summed E-state index contributed by atoms with van der Waals surface area (Å²) in [5, 5.41) is 0. The third-order valence-electron chi connectivity index (χ3n) is 4.31. The van der Waals surface area contributed by atoms with Gasteiger partial charge in [-0.05, 0) is 75.4 Å². The number of rotatable bonds is 4. The lowest BCUT2D eigenvalue weighted by Crippen LogP contribution is -2.34. The Kier molecular flexibility index (Phi) is 4.79. The molecule has 2 N–H and O–H groups in total. The molecule has 2 heteroatoms. The van der Waals surface area contributed by atoms with Crippen molar-refractivity contribution in [1.29, 1.82) is 0 Å². The van der Waals surface area contributed by atoms with Gasteiger partial charge >= 0.3 is 0 Å². The summed E-state index contributed by atoms with van der Waals surface area (Å²) >= 11 is 0. The van der Waals surface area contributed by atoms with E-state index in [1.165, 1.54) is 49.0 Å². The van der Waals surface area contributed by atoms with Crippen molar-refractivity contribution in [2.45, 2.75) is 39.7 Å². The fraction of sp³-hybridized carbons (Fsp3) is 0.625. The largest absolute Gasteiger partial charge is 0.330 e. The minimum Gasteiger partial charge on any atom is -0.330 e. The predicted octanol–water partition coefficient (Wildman–Crippen LogP) is 2.86. The monoisotopic (exact) mass is 246 g/mol. The number of hydrogen-bond donors (Lipinski definition) is 1. The number of piperidine rings is 1. The van der Waals surface area contributed by atoms with Crippen molar-refractivity contribution < 1.29 is 0 Å². The molecule has 1 aliphatic heterocycles. The molecular weight excluding hydrogens is 220 g/mol. The molecule has 1 fully saturated rings. The van der Waals surface area contributed by atoms with Crippen LogP contribution in [0, 0.1) is 19.8 Å². The van der Waals surface area contributed by atoms with Crippen LogP contribution in [0.4, 0.5) is 0 Å². The Morgan fingerprint density at radius 1 is 1.17 bits per heavy atom. The Morgan fingerprint density at radius 3 is 2.33 bits per heavy atom. The zero-order chi connectivity index (χ0) is 13.0. The van der Waals surface area contributed by atoms with Crippen molar-refractivity contribution in [3.8, 4) is 0 Å². The minimum atomic E-state index is 0.849. The van der Waals surface area contributed by atoms with E-state index in [0.717, 1.165) is 19.0 Å². The fourth-order valence-electron chi connectivity index (χ4n) is 2.99. The van der Waals surface area contributed by atoms with Gasteiger partial charge in [-0.1, -0.05) is 18.2 Å². The summed E-state index contributed by atoms with van der Waals surface area (Å²) in [7, 11) is 0. The maximum absolute atomic E-state index is 5.64. The van der Waals surface area contributed by atoms with E-state index in [1.54, 1.807) is 0 Å². The second-order valence-electron chi connectivity index (χ2n) is 5.67. The van der Waals surface area contributed by atoms with Gasteiger partial charge < -0.3 is 5.73 Å². The summed E-state index contributed by atoms with van der Waals surface area (Å²) in [6.45, 7) is 8.89. The summed E-state index contributed by atoms with van der Waals surface area (Å²) in [4.78, 5) is 2.60. The molecule has 0 spiro atoms. The molecule has 0 aliphatic carbocycles.